The minimum atomic E-state index is -0.803. The molecule has 1 saturated heterocycles. The quantitative estimate of drug-likeness (QED) is 0.789. The van der Waals surface area contributed by atoms with E-state index < -0.39 is 35.6 Å². The number of nitrogen functional groups attached to an aromatic ring is 1. The number of carbonyl (C=O) groups excluding carboxylic acids is 1. The number of ether oxygens (including phenoxy) is 2. The molecule has 7 nitrogen and oxygen atoms in total. The van der Waals surface area contributed by atoms with Gasteiger partial charge in [-0.3, -0.25) is 4.57 Å². The predicted octanol–water partition coefficient (Wildman–Crippen LogP) is 0.205. The highest BCUT2D eigenvalue weighted by molar-refractivity contribution is 5.74. The summed E-state index contributed by atoms with van der Waals surface area (Å²) in [6.07, 6.45) is 0.265. The molecule has 1 aromatic rings. The molecule has 104 valence electrons. The van der Waals surface area contributed by atoms with Gasteiger partial charge in [0.05, 0.1) is 12.8 Å². The number of rotatable bonds is 3. The van der Waals surface area contributed by atoms with Gasteiger partial charge in [0, 0.05) is 0 Å². The van der Waals surface area contributed by atoms with Gasteiger partial charge in [0.25, 0.3) is 0 Å². The number of nitrogens with zero attached hydrogens (tertiary/aromatic N) is 2. The van der Waals surface area contributed by atoms with Gasteiger partial charge in [-0.25, -0.2) is 14.0 Å². The van der Waals surface area contributed by atoms with Crippen molar-refractivity contribution in [2.45, 2.75) is 32.1 Å². The highest BCUT2D eigenvalue weighted by Crippen LogP contribution is 2.28. The van der Waals surface area contributed by atoms with Gasteiger partial charge >= 0.3 is 11.7 Å². The molecular formula is C11H14FN3O4. The van der Waals surface area contributed by atoms with Crippen LogP contribution in [0.15, 0.2) is 11.0 Å². The Bertz CT molecular complexity index is 545. The summed E-state index contributed by atoms with van der Waals surface area (Å²) in [5.74, 6) is -1.74. The van der Waals surface area contributed by atoms with Gasteiger partial charge in [0.1, 0.15) is 6.23 Å². The zero-order chi connectivity index (χ0) is 14.0. The zero-order valence-corrected chi connectivity index (χ0v) is 10.3. The Morgan fingerprint density at radius 3 is 3.11 bits per heavy atom. The van der Waals surface area contributed by atoms with Gasteiger partial charge in [-0.2, -0.15) is 4.98 Å². The van der Waals surface area contributed by atoms with Gasteiger partial charge in [-0.1, -0.05) is 0 Å². The van der Waals surface area contributed by atoms with E-state index in [9.17, 15) is 14.0 Å². The number of carbonyl (C=O) groups is 1. The monoisotopic (exact) mass is 271 g/mol. The first-order chi connectivity index (χ1) is 9.02. The van der Waals surface area contributed by atoms with Gasteiger partial charge in [-0.05, 0) is 19.8 Å². The summed E-state index contributed by atoms with van der Waals surface area (Å²) < 4.78 is 24.5. The molecule has 2 rings (SSSR count). The van der Waals surface area contributed by atoms with Gasteiger partial charge in [-0.15, -0.1) is 0 Å². The maximum Gasteiger partial charge on any atom is 0.351 e. The molecule has 1 aliphatic heterocycles. The molecule has 0 aromatic carbocycles. The minimum Gasteiger partial charge on any atom is -0.464 e. The van der Waals surface area contributed by atoms with Crippen LogP contribution in [-0.4, -0.2) is 28.2 Å². The Morgan fingerprint density at radius 1 is 1.68 bits per heavy atom. The van der Waals surface area contributed by atoms with Crippen molar-refractivity contribution in [1.82, 2.24) is 9.55 Å². The van der Waals surface area contributed by atoms with Crippen LogP contribution in [0.4, 0.5) is 10.2 Å². The third kappa shape index (κ3) is 2.73. The highest BCUT2D eigenvalue weighted by Gasteiger charge is 2.33. The van der Waals surface area contributed by atoms with Gasteiger partial charge in [0.2, 0.25) is 0 Å². The van der Waals surface area contributed by atoms with Crippen molar-refractivity contribution in [2.75, 3.05) is 12.3 Å². The van der Waals surface area contributed by atoms with E-state index >= 15 is 0 Å². The van der Waals surface area contributed by atoms with Crippen LogP contribution in [0.1, 0.15) is 26.0 Å². The summed E-state index contributed by atoms with van der Waals surface area (Å²) in [6.45, 7) is 1.94. The van der Waals surface area contributed by atoms with Gasteiger partial charge < -0.3 is 15.2 Å². The number of esters is 1. The summed E-state index contributed by atoms with van der Waals surface area (Å²) >= 11 is 0. The highest BCUT2D eigenvalue weighted by atomic mass is 19.1. The molecule has 1 unspecified atom stereocenters. The Morgan fingerprint density at radius 2 is 2.42 bits per heavy atom. The van der Waals surface area contributed by atoms with Crippen molar-refractivity contribution < 1.29 is 18.7 Å². The number of hydrogen-bond donors (Lipinski definition) is 1. The zero-order valence-electron chi connectivity index (χ0n) is 10.3. The molecule has 2 N–H and O–H groups in total. The molecule has 2 atom stereocenters. The lowest BCUT2D eigenvalue weighted by molar-refractivity contribution is -0.157. The Labute approximate surface area is 108 Å². The molecule has 0 aliphatic carbocycles. The average Bonchev–Trinajstić information content (AvgIpc) is 2.83. The van der Waals surface area contributed by atoms with E-state index in [0.29, 0.717) is 12.8 Å². The maximum atomic E-state index is 13.3. The molecule has 0 saturated carbocycles. The normalized spacial score (nSPS) is 22.4. The first-order valence-electron chi connectivity index (χ1n) is 5.89. The van der Waals surface area contributed by atoms with Crippen LogP contribution in [0, 0.1) is 5.82 Å². The minimum absolute atomic E-state index is 0.251. The average molecular weight is 271 g/mol. The van der Waals surface area contributed by atoms with Crippen molar-refractivity contribution in [2.24, 2.45) is 0 Å². The largest absolute Gasteiger partial charge is 0.464 e. The topological polar surface area (TPSA) is 96.4 Å². The number of hydrogen-bond acceptors (Lipinski definition) is 6. The second-order valence-corrected chi connectivity index (χ2v) is 4.07. The van der Waals surface area contributed by atoms with E-state index in [1.165, 1.54) is 0 Å². The van der Waals surface area contributed by atoms with E-state index in [1.807, 2.05) is 0 Å². The SMILES string of the molecule is CCOC(=O)[C@@H]1CCC(n2cc(F)c(N)nc2=O)O1. The van der Waals surface area contributed by atoms with Crippen LogP contribution in [0.2, 0.25) is 0 Å². The molecule has 0 bridgehead atoms. The molecule has 8 heteroatoms. The van der Waals surface area contributed by atoms with Crippen molar-refractivity contribution in [3.05, 3.63) is 22.5 Å². The van der Waals surface area contributed by atoms with Crippen LogP contribution in [0.3, 0.4) is 0 Å². The van der Waals surface area contributed by atoms with Crippen molar-refractivity contribution in [3.8, 4) is 0 Å². The van der Waals surface area contributed by atoms with E-state index in [1.54, 1.807) is 6.92 Å². The first kappa shape index (κ1) is 13.5. The summed E-state index contributed by atoms with van der Waals surface area (Å²) in [7, 11) is 0. The molecule has 2 heterocycles. The predicted molar refractivity (Wildman–Crippen MR) is 62.6 cm³/mol. The smallest absolute Gasteiger partial charge is 0.351 e. The molecule has 0 spiro atoms. The maximum absolute atomic E-state index is 13.3. The molecule has 1 aromatic heterocycles. The van der Waals surface area contributed by atoms with E-state index in [4.69, 9.17) is 15.2 Å². The first-order valence-corrected chi connectivity index (χ1v) is 5.89. The summed E-state index contributed by atoms with van der Waals surface area (Å²) in [5.41, 5.74) is 4.47. The molecule has 0 amide bonds. The molecular weight excluding hydrogens is 257 g/mol. The van der Waals surface area contributed by atoms with Crippen LogP contribution < -0.4 is 11.4 Å². The Hall–Kier alpha value is -1.96. The van der Waals surface area contributed by atoms with Crippen molar-refractivity contribution in [1.29, 1.82) is 0 Å². The lowest BCUT2D eigenvalue weighted by atomic mass is 10.2. The van der Waals surface area contributed by atoms with Crippen molar-refractivity contribution in [3.63, 3.8) is 0 Å². The van der Waals surface area contributed by atoms with E-state index in [2.05, 4.69) is 4.98 Å². The number of aromatic nitrogens is 2. The fraction of sp³-hybridized carbons (Fsp3) is 0.545. The van der Waals surface area contributed by atoms with Crippen LogP contribution in [0.25, 0.3) is 0 Å². The number of anilines is 1. The Balaban J connectivity index is 2.15. The summed E-state index contributed by atoms with van der Waals surface area (Å²) in [6, 6.07) is 0. The van der Waals surface area contributed by atoms with Gasteiger partial charge in [0.15, 0.2) is 17.7 Å². The van der Waals surface area contributed by atoms with E-state index in [0.717, 1.165) is 10.8 Å². The molecule has 19 heavy (non-hydrogen) atoms. The molecule has 1 aliphatic rings. The molecule has 0 radical (unpaired) electrons. The molecule has 1 fully saturated rings. The van der Waals surface area contributed by atoms with E-state index in [-0.39, 0.29) is 6.61 Å². The second kappa shape index (κ2) is 5.35. The fourth-order valence-corrected chi connectivity index (χ4v) is 1.90. The third-order valence-electron chi connectivity index (χ3n) is 2.79. The number of halogens is 1. The fourth-order valence-electron chi connectivity index (χ4n) is 1.90. The summed E-state index contributed by atoms with van der Waals surface area (Å²) in [4.78, 5) is 26.4. The summed E-state index contributed by atoms with van der Waals surface area (Å²) in [5, 5.41) is 0. The Kier molecular flexibility index (Phi) is 3.79. The number of nitrogens with two attached hydrogens (primary N) is 1. The lowest BCUT2D eigenvalue weighted by Crippen LogP contribution is -2.30. The van der Waals surface area contributed by atoms with Crippen LogP contribution >= 0.6 is 0 Å². The van der Waals surface area contributed by atoms with Crippen LogP contribution in [-0.2, 0) is 14.3 Å². The van der Waals surface area contributed by atoms with Crippen LogP contribution in [0.5, 0.6) is 0 Å². The van der Waals surface area contributed by atoms with Crippen molar-refractivity contribution >= 4 is 11.8 Å². The standard InChI is InChI=1S/C11H14FN3O4/c1-2-18-10(16)7-3-4-8(19-7)15-5-6(12)9(13)14-11(15)17/h5,7-8H,2-4H2,1H3,(H2,13,14,17)/t7-,8?/m0/s1. The lowest BCUT2D eigenvalue weighted by Gasteiger charge is -2.15. The second-order valence-electron chi connectivity index (χ2n) is 4.07. The third-order valence-corrected chi connectivity index (χ3v) is 2.79.